The first-order chi connectivity index (χ1) is 12.6. The van der Waals surface area contributed by atoms with Crippen LogP contribution in [0.5, 0.6) is 0 Å². The highest BCUT2D eigenvalue weighted by molar-refractivity contribution is 6.11. The van der Waals surface area contributed by atoms with Gasteiger partial charge in [0, 0.05) is 28.6 Å². The van der Waals surface area contributed by atoms with Gasteiger partial charge in [-0.05, 0) is 37.3 Å². The van der Waals surface area contributed by atoms with E-state index in [9.17, 15) is 9.59 Å². The average Bonchev–Trinajstić information content (AvgIpc) is 2.95. The fraction of sp³-hybridized carbons (Fsp3) is 0.0952. The monoisotopic (exact) mass is 343 g/mol. The van der Waals surface area contributed by atoms with Gasteiger partial charge in [-0.2, -0.15) is 0 Å². The van der Waals surface area contributed by atoms with Crippen LogP contribution in [0.1, 0.15) is 39.4 Å². The summed E-state index contributed by atoms with van der Waals surface area (Å²) in [6.07, 6.45) is 1.27. The summed E-state index contributed by atoms with van der Waals surface area (Å²) < 4.78 is 0. The standard InChI is InChI=1S/C21H17N3O2/c1-14(25)15-7-6-8-16(13-15)23-20-17-9-2-3-10-18(17)21(26)24(20)19-11-4-5-12-22-19/h2-13,20,23H,1H3/t20-/m0/s1. The second-order valence-corrected chi connectivity index (χ2v) is 6.13. The lowest BCUT2D eigenvalue weighted by Gasteiger charge is -2.26. The van der Waals surface area contributed by atoms with E-state index in [1.54, 1.807) is 23.2 Å². The third-order valence-electron chi connectivity index (χ3n) is 4.43. The molecule has 5 nitrogen and oxygen atoms in total. The van der Waals surface area contributed by atoms with E-state index in [1.807, 2.05) is 54.6 Å². The van der Waals surface area contributed by atoms with Gasteiger partial charge in [-0.3, -0.25) is 14.5 Å². The number of nitrogens with one attached hydrogen (secondary N) is 1. The molecule has 0 saturated heterocycles. The summed E-state index contributed by atoms with van der Waals surface area (Å²) in [7, 11) is 0. The van der Waals surface area contributed by atoms with Crippen molar-refractivity contribution in [2.45, 2.75) is 13.1 Å². The molecule has 5 heteroatoms. The molecule has 0 aliphatic carbocycles. The van der Waals surface area contributed by atoms with Crippen molar-refractivity contribution in [3.05, 3.63) is 89.6 Å². The largest absolute Gasteiger partial charge is 0.361 e. The number of rotatable bonds is 4. The number of hydrogen-bond acceptors (Lipinski definition) is 4. The Kier molecular flexibility index (Phi) is 3.97. The molecular formula is C21H17N3O2. The predicted molar refractivity (Wildman–Crippen MR) is 100 cm³/mol. The van der Waals surface area contributed by atoms with Crippen molar-refractivity contribution in [1.29, 1.82) is 0 Å². The van der Waals surface area contributed by atoms with Crippen LogP contribution in [0.3, 0.4) is 0 Å². The van der Waals surface area contributed by atoms with E-state index in [4.69, 9.17) is 0 Å². The molecule has 128 valence electrons. The first kappa shape index (κ1) is 16.0. The number of carbonyl (C=O) groups is 2. The number of amides is 1. The van der Waals surface area contributed by atoms with Crippen LogP contribution in [0, 0.1) is 0 Å². The number of hydrogen-bond donors (Lipinski definition) is 1. The van der Waals surface area contributed by atoms with Gasteiger partial charge in [-0.25, -0.2) is 4.98 Å². The highest BCUT2D eigenvalue weighted by Gasteiger charge is 2.38. The summed E-state index contributed by atoms with van der Waals surface area (Å²) in [5, 5.41) is 3.38. The van der Waals surface area contributed by atoms with Gasteiger partial charge in [-0.15, -0.1) is 0 Å². The van der Waals surface area contributed by atoms with E-state index in [0.29, 0.717) is 16.9 Å². The molecule has 1 atom stereocenters. The molecule has 0 unspecified atom stereocenters. The molecule has 1 aliphatic rings. The lowest BCUT2D eigenvalue weighted by molar-refractivity contribution is 0.0989. The minimum Gasteiger partial charge on any atom is -0.361 e. The SMILES string of the molecule is CC(=O)c1cccc(N[C@@H]2c3ccccc3C(=O)N2c2ccccn2)c1. The summed E-state index contributed by atoms with van der Waals surface area (Å²) in [5.41, 5.74) is 2.93. The number of pyridine rings is 1. The molecule has 1 aliphatic heterocycles. The van der Waals surface area contributed by atoms with Gasteiger partial charge in [-0.1, -0.05) is 36.4 Å². The zero-order valence-corrected chi connectivity index (χ0v) is 14.2. The van der Waals surface area contributed by atoms with Crippen LogP contribution < -0.4 is 10.2 Å². The van der Waals surface area contributed by atoms with Crippen molar-refractivity contribution in [1.82, 2.24) is 4.98 Å². The minimum absolute atomic E-state index is 0.00173. The summed E-state index contributed by atoms with van der Waals surface area (Å²) in [6.45, 7) is 1.54. The van der Waals surface area contributed by atoms with Crippen LogP contribution >= 0.6 is 0 Å². The topological polar surface area (TPSA) is 62.3 Å². The molecule has 0 bridgehead atoms. The maximum absolute atomic E-state index is 13.0. The van der Waals surface area contributed by atoms with E-state index in [0.717, 1.165) is 11.3 Å². The molecule has 26 heavy (non-hydrogen) atoms. The molecule has 1 aromatic heterocycles. The fourth-order valence-corrected chi connectivity index (χ4v) is 3.18. The summed E-state index contributed by atoms with van der Waals surface area (Å²) >= 11 is 0. The Balaban J connectivity index is 1.77. The first-order valence-corrected chi connectivity index (χ1v) is 8.36. The van der Waals surface area contributed by atoms with Crippen LogP contribution in [0.2, 0.25) is 0 Å². The smallest absolute Gasteiger partial charge is 0.261 e. The number of nitrogens with zero attached hydrogens (tertiary/aromatic N) is 2. The lowest BCUT2D eigenvalue weighted by Crippen LogP contribution is -2.32. The Hall–Kier alpha value is -3.47. The average molecular weight is 343 g/mol. The Morgan fingerprint density at radius 1 is 1.04 bits per heavy atom. The Morgan fingerprint density at radius 3 is 2.62 bits per heavy atom. The number of anilines is 2. The van der Waals surface area contributed by atoms with Crippen molar-refractivity contribution >= 4 is 23.2 Å². The van der Waals surface area contributed by atoms with Crippen LogP contribution in [0.15, 0.2) is 72.9 Å². The van der Waals surface area contributed by atoms with E-state index in [2.05, 4.69) is 10.3 Å². The van der Waals surface area contributed by atoms with Crippen LogP contribution in [0.25, 0.3) is 0 Å². The summed E-state index contributed by atoms with van der Waals surface area (Å²) in [4.78, 5) is 30.6. The minimum atomic E-state index is -0.393. The number of fused-ring (bicyclic) bond motifs is 1. The second kappa shape index (κ2) is 6.44. The zero-order valence-electron chi connectivity index (χ0n) is 14.2. The highest BCUT2D eigenvalue weighted by Crippen LogP contribution is 2.37. The number of benzene rings is 2. The summed E-state index contributed by atoms with van der Waals surface area (Å²) in [5.74, 6) is 0.478. The number of aromatic nitrogens is 1. The molecule has 0 fully saturated rings. The van der Waals surface area contributed by atoms with E-state index >= 15 is 0 Å². The van der Waals surface area contributed by atoms with E-state index in [-0.39, 0.29) is 11.7 Å². The van der Waals surface area contributed by atoms with Gasteiger partial charge in [0.05, 0.1) is 0 Å². The fourth-order valence-electron chi connectivity index (χ4n) is 3.18. The number of ketones is 1. The van der Waals surface area contributed by atoms with Gasteiger partial charge < -0.3 is 5.32 Å². The lowest BCUT2D eigenvalue weighted by atomic mass is 10.1. The Bertz CT molecular complexity index is 985. The molecule has 1 N–H and O–H groups in total. The summed E-state index contributed by atoms with van der Waals surface area (Å²) in [6, 6.07) is 20.3. The van der Waals surface area contributed by atoms with Gasteiger partial charge in [0.1, 0.15) is 12.0 Å². The van der Waals surface area contributed by atoms with Crippen molar-refractivity contribution in [3.63, 3.8) is 0 Å². The van der Waals surface area contributed by atoms with E-state index in [1.165, 1.54) is 6.92 Å². The zero-order chi connectivity index (χ0) is 18.1. The molecule has 4 rings (SSSR count). The highest BCUT2D eigenvalue weighted by atomic mass is 16.2. The van der Waals surface area contributed by atoms with Gasteiger partial charge in [0.2, 0.25) is 0 Å². The first-order valence-electron chi connectivity index (χ1n) is 8.36. The third-order valence-corrected chi connectivity index (χ3v) is 4.43. The van der Waals surface area contributed by atoms with Gasteiger partial charge >= 0.3 is 0 Å². The molecule has 2 heterocycles. The van der Waals surface area contributed by atoms with Crippen molar-refractivity contribution in [2.24, 2.45) is 0 Å². The molecule has 0 saturated carbocycles. The number of Topliss-reactive ketones (excluding diaryl/α,β-unsaturated/α-hetero) is 1. The predicted octanol–water partition coefficient (Wildman–Crippen LogP) is 4.06. The normalized spacial score (nSPS) is 15.7. The van der Waals surface area contributed by atoms with E-state index < -0.39 is 6.17 Å². The molecule has 3 aromatic rings. The van der Waals surface area contributed by atoms with Crippen molar-refractivity contribution in [2.75, 3.05) is 10.2 Å². The molecule has 1 amide bonds. The quantitative estimate of drug-likeness (QED) is 0.726. The molecule has 0 radical (unpaired) electrons. The Labute approximate surface area is 151 Å². The molecular weight excluding hydrogens is 326 g/mol. The maximum Gasteiger partial charge on any atom is 0.261 e. The second-order valence-electron chi connectivity index (χ2n) is 6.13. The molecule has 0 spiro atoms. The van der Waals surface area contributed by atoms with Crippen LogP contribution in [-0.2, 0) is 0 Å². The van der Waals surface area contributed by atoms with Gasteiger partial charge in [0.15, 0.2) is 5.78 Å². The molecule has 2 aromatic carbocycles. The van der Waals surface area contributed by atoms with Crippen LogP contribution in [0.4, 0.5) is 11.5 Å². The number of carbonyl (C=O) groups excluding carboxylic acids is 2. The van der Waals surface area contributed by atoms with Crippen molar-refractivity contribution < 1.29 is 9.59 Å². The van der Waals surface area contributed by atoms with Gasteiger partial charge in [0.25, 0.3) is 5.91 Å². The van der Waals surface area contributed by atoms with Crippen molar-refractivity contribution in [3.8, 4) is 0 Å². The van der Waals surface area contributed by atoms with Crippen LogP contribution in [-0.4, -0.2) is 16.7 Å². The Morgan fingerprint density at radius 2 is 1.85 bits per heavy atom. The maximum atomic E-state index is 13.0. The third kappa shape index (κ3) is 2.73.